The van der Waals surface area contributed by atoms with Crippen molar-refractivity contribution in [3.8, 4) is 0 Å². The standard InChI is InChI=1S/C12H12F2N4O2/c1-2-5-18-11(15-16-17-18)7-20-12(19)9-4-3-8(13)6-10(9)14/h3-4,6H,2,5,7H2,1H3. The summed E-state index contributed by atoms with van der Waals surface area (Å²) in [5.74, 6) is -2.26. The number of tetrazole rings is 1. The zero-order valence-electron chi connectivity index (χ0n) is 10.7. The van der Waals surface area contributed by atoms with Crippen LogP contribution in [0.3, 0.4) is 0 Å². The molecule has 1 aromatic heterocycles. The van der Waals surface area contributed by atoms with Crippen molar-refractivity contribution >= 4 is 5.97 Å². The van der Waals surface area contributed by atoms with Crippen molar-refractivity contribution in [2.24, 2.45) is 0 Å². The first-order valence-electron chi connectivity index (χ1n) is 5.99. The quantitative estimate of drug-likeness (QED) is 0.781. The van der Waals surface area contributed by atoms with Crippen molar-refractivity contribution in [2.75, 3.05) is 0 Å². The molecule has 0 bridgehead atoms. The molecule has 0 atom stereocenters. The first-order valence-corrected chi connectivity index (χ1v) is 5.99. The van der Waals surface area contributed by atoms with Gasteiger partial charge >= 0.3 is 5.97 Å². The number of aryl methyl sites for hydroxylation is 1. The van der Waals surface area contributed by atoms with Gasteiger partial charge in [-0.1, -0.05) is 6.92 Å². The molecule has 0 unspecified atom stereocenters. The predicted molar refractivity (Wildman–Crippen MR) is 63.6 cm³/mol. The fourth-order valence-electron chi connectivity index (χ4n) is 1.57. The number of nitrogens with zero attached hydrogens (tertiary/aromatic N) is 4. The Morgan fingerprint density at radius 2 is 2.20 bits per heavy atom. The molecule has 8 heteroatoms. The van der Waals surface area contributed by atoms with Crippen LogP contribution >= 0.6 is 0 Å². The summed E-state index contributed by atoms with van der Waals surface area (Å²) in [6, 6.07) is 2.64. The van der Waals surface area contributed by atoms with Crippen LogP contribution in [0.15, 0.2) is 18.2 Å². The molecule has 0 saturated heterocycles. The van der Waals surface area contributed by atoms with E-state index in [1.54, 1.807) is 0 Å². The maximum absolute atomic E-state index is 13.4. The summed E-state index contributed by atoms with van der Waals surface area (Å²) in [6.45, 7) is 2.36. The van der Waals surface area contributed by atoms with Crippen LogP contribution in [0, 0.1) is 11.6 Å². The highest BCUT2D eigenvalue weighted by atomic mass is 19.1. The van der Waals surface area contributed by atoms with Gasteiger partial charge < -0.3 is 4.74 Å². The van der Waals surface area contributed by atoms with Gasteiger partial charge in [0.15, 0.2) is 12.4 Å². The van der Waals surface area contributed by atoms with E-state index in [2.05, 4.69) is 15.5 Å². The molecule has 106 valence electrons. The second kappa shape index (κ2) is 6.18. The average molecular weight is 282 g/mol. The van der Waals surface area contributed by atoms with E-state index in [0.717, 1.165) is 18.6 Å². The van der Waals surface area contributed by atoms with Gasteiger partial charge in [0.25, 0.3) is 0 Å². The zero-order valence-corrected chi connectivity index (χ0v) is 10.7. The van der Waals surface area contributed by atoms with E-state index in [9.17, 15) is 13.6 Å². The molecule has 1 heterocycles. The zero-order chi connectivity index (χ0) is 14.5. The van der Waals surface area contributed by atoms with Crippen molar-refractivity contribution in [3.05, 3.63) is 41.2 Å². The molecule has 0 saturated carbocycles. The van der Waals surface area contributed by atoms with E-state index in [4.69, 9.17) is 4.74 Å². The van der Waals surface area contributed by atoms with E-state index in [0.29, 0.717) is 18.4 Å². The number of esters is 1. The third-order valence-corrected chi connectivity index (χ3v) is 2.52. The lowest BCUT2D eigenvalue weighted by molar-refractivity contribution is 0.0451. The van der Waals surface area contributed by atoms with E-state index >= 15 is 0 Å². The van der Waals surface area contributed by atoms with Crippen molar-refractivity contribution in [2.45, 2.75) is 26.5 Å². The lowest BCUT2D eigenvalue weighted by atomic mass is 10.2. The van der Waals surface area contributed by atoms with Crippen molar-refractivity contribution < 1.29 is 18.3 Å². The average Bonchev–Trinajstić information content (AvgIpc) is 2.84. The molecule has 1 aromatic carbocycles. The van der Waals surface area contributed by atoms with E-state index < -0.39 is 17.6 Å². The van der Waals surface area contributed by atoms with Gasteiger partial charge in [0.2, 0.25) is 0 Å². The molecule has 0 aliphatic rings. The second-order valence-electron chi connectivity index (χ2n) is 4.02. The highest BCUT2D eigenvalue weighted by Gasteiger charge is 2.15. The van der Waals surface area contributed by atoms with Crippen LogP contribution in [0.4, 0.5) is 8.78 Å². The minimum atomic E-state index is -0.969. The number of hydrogen-bond donors (Lipinski definition) is 0. The number of carbonyl (C=O) groups excluding carboxylic acids is 1. The molecule has 0 aliphatic heterocycles. The Labute approximate surface area is 113 Å². The summed E-state index contributed by atoms with van der Waals surface area (Å²) in [5, 5.41) is 10.9. The maximum Gasteiger partial charge on any atom is 0.341 e. The van der Waals surface area contributed by atoms with Gasteiger partial charge in [-0.25, -0.2) is 18.3 Å². The molecule has 0 radical (unpaired) electrons. The van der Waals surface area contributed by atoms with Gasteiger partial charge in [0, 0.05) is 12.6 Å². The van der Waals surface area contributed by atoms with Crippen LogP contribution in [0.25, 0.3) is 0 Å². The predicted octanol–water partition coefficient (Wildman–Crippen LogP) is 1.72. The fourth-order valence-corrected chi connectivity index (χ4v) is 1.57. The summed E-state index contributed by atoms with van der Waals surface area (Å²) in [5.41, 5.74) is -0.332. The van der Waals surface area contributed by atoms with Gasteiger partial charge in [-0.3, -0.25) is 0 Å². The van der Waals surface area contributed by atoms with E-state index in [1.807, 2.05) is 6.92 Å². The lowest BCUT2D eigenvalue weighted by Crippen LogP contribution is -2.12. The number of hydrogen-bond acceptors (Lipinski definition) is 5. The smallest absolute Gasteiger partial charge is 0.341 e. The molecule has 6 nitrogen and oxygen atoms in total. The Morgan fingerprint density at radius 3 is 2.90 bits per heavy atom. The van der Waals surface area contributed by atoms with E-state index in [1.165, 1.54) is 4.68 Å². The molecule has 2 rings (SSSR count). The first-order chi connectivity index (χ1) is 9.61. The SMILES string of the molecule is CCCn1nnnc1COC(=O)c1ccc(F)cc1F. The number of ether oxygens (including phenoxy) is 1. The molecule has 0 aliphatic carbocycles. The number of rotatable bonds is 5. The largest absolute Gasteiger partial charge is 0.454 e. The molecular formula is C12H12F2N4O2. The maximum atomic E-state index is 13.4. The lowest BCUT2D eigenvalue weighted by Gasteiger charge is -2.06. The number of carbonyl (C=O) groups is 1. The van der Waals surface area contributed by atoms with Gasteiger partial charge in [-0.2, -0.15) is 0 Å². The van der Waals surface area contributed by atoms with Crippen molar-refractivity contribution in [3.63, 3.8) is 0 Å². The minimum Gasteiger partial charge on any atom is -0.454 e. The highest BCUT2D eigenvalue weighted by Crippen LogP contribution is 2.11. The van der Waals surface area contributed by atoms with E-state index in [-0.39, 0.29) is 12.2 Å². The Kier molecular flexibility index (Phi) is 4.34. The molecule has 0 amide bonds. The second-order valence-corrected chi connectivity index (χ2v) is 4.02. The fraction of sp³-hybridized carbons (Fsp3) is 0.333. The van der Waals surface area contributed by atoms with Crippen LogP contribution in [-0.2, 0) is 17.9 Å². The minimum absolute atomic E-state index is 0.178. The number of halogens is 2. The van der Waals surface area contributed by atoms with Gasteiger partial charge in [-0.15, -0.1) is 5.10 Å². The molecule has 2 aromatic rings. The summed E-state index contributed by atoms with van der Waals surface area (Å²) < 4.78 is 32.5. The molecule has 20 heavy (non-hydrogen) atoms. The Morgan fingerprint density at radius 1 is 1.40 bits per heavy atom. The van der Waals surface area contributed by atoms with Crippen LogP contribution in [-0.4, -0.2) is 26.2 Å². The Hall–Kier alpha value is -2.38. The van der Waals surface area contributed by atoms with Crippen molar-refractivity contribution in [1.82, 2.24) is 20.2 Å². The molecule has 0 N–H and O–H groups in total. The monoisotopic (exact) mass is 282 g/mol. The Bertz CT molecular complexity index is 615. The topological polar surface area (TPSA) is 69.9 Å². The van der Waals surface area contributed by atoms with Gasteiger partial charge in [0.1, 0.15) is 11.6 Å². The number of aromatic nitrogens is 4. The van der Waals surface area contributed by atoms with Gasteiger partial charge in [-0.05, 0) is 29.0 Å². The normalized spacial score (nSPS) is 10.6. The van der Waals surface area contributed by atoms with Crippen LogP contribution < -0.4 is 0 Å². The van der Waals surface area contributed by atoms with Crippen LogP contribution in [0.2, 0.25) is 0 Å². The van der Waals surface area contributed by atoms with Gasteiger partial charge in [0.05, 0.1) is 5.56 Å². The molecular weight excluding hydrogens is 270 g/mol. The van der Waals surface area contributed by atoms with Crippen LogP contribution in [0.1, 0.15) is 29.5 Å². The summed E-state index contributed by atoms with van der Waals surface area (Å²) >= 11 is 0. The highest BCUT2D eigenvalue weighted by molar-refractivity contribution is 5.89. The number of benzene rings is 1. The third kappa shape index (κ3) is 3.14. The third-order valence-electron chi connectivity index (χ3n) is 2.52. The summed E-state index contributed by atoms with van der Waals surface area (Å²) in [7, 11) is 0. The van der Waals surface area contributed by atoms with Crippen LogP contribution in [0.5, 0.6) is 0 Å². The first kappa shape index (κ1) is 14.0. The summed E-state index contributed by atoms with van der Waals surface area (Å²) in [4.78, 5) is 11.7. The molecule has 0 spiro atoms. The van der Waals surface area contributed by atoms with Crippen molar-refractivity contribution in [1.29, 1.82) is 0 Å². The summed E-state index contributed by atoms with van der Waals surface area (Å²) in [6.07, 6.45) is 0.818. The Balaban J connectivity index is 2.03. The molecule has 0 fully saturated rings.